The number of halogens is 1. The van der Waals surface area contributed by atoms with E-state index in [1.807, 2.05) is 71.4 Å². The van der Waals surface area contributed by atoms with Gasteiger partial charge in [-0.25, -0.2) is 4.68 Å². The molecule has 4 heteroatoms. The summed E-state index contributed by atoms with van der Waals surface area (Å²) in [6.45, 7) is 0. The van der Waals surface area contributed by atoms with Crippen LogP contribution in [0, 0.1) is 0 Å². The molecule has 0 saturated heterocycles. The van der Waals surface area contributed by atoms with Gasteiger partial charge in [-0.05, 0) is 35.9 Å². The summed E-state index contributed by atoms with van der Waals surface area (Å²) in [5, 5.41) is 9.34. The molecule has 0 spiro atoms. The number of benzene rings is 3. The Bertz CT molecular complexity index is 1000. The van der Waals surface area contributed by atoms with Crippen molar-refractivity contribution >= 4 is 34.4 Å². The Morgan fingerprint density at radius 1 is 0.833 bits per heavy atom. The molecule has 3 aromatic carbocycles. The number of fused-ring (bicyclic) bond motifs is 1. The molecule has 0 amide bonds. The average molecular weight is 332 g/mol. The highest BCUT2D eigenvalue weighted by Crippen LogP contribution is 2.25. The van der Waals surface area contributed by atoms with Gasteiger partial charge in [-0.15, -0.1) is 5.10 Å². The van der Waals surface area contributed by atoms with Crippen LogP contribution in [-0.4, -0.2) is 15.0 Å². The van der Waals surface area contributed by atoms with Crippen molar-refractivity contribution in [3.05, 3.63) is 95.0 Å². The van der Waals surface area contributed by atoms with Crippen LogP contribution < -0.4 is 0 Å². The van der Waals surface area contributed by atoms with Crippen molar-refractivity contribution in [2.24, 2.45) is 0 Å². The van der Waals surface area contributed by atoms with Gasteiger partial charge in [0.2, 0.25) is 0 Å². The first-order chi connectivity index (χ1) is 11.8. The molecule has 4 rings (SSSR count). The minimum absolute atomic E-state index is 0.709. The Morgan fingerprint density at radius 2 is 1.54 bits per heavy atom. The molecule has 1 aromatic heterocycles. The first-order valence-corrected chi connectivity index (χ1v) is 8.02. The van der Waals surface area contributed by atoms with Gasteiger partial charge in [-0.1, -0.05) is 71.4 Å². The first-order valence-electron chi connectivity index (χ1n) is 7.65. The van der Waals surface area contributed by atoms with Gasteiger partial charge in [-0.3, -0.25) is 0 Å². The first kappa shape index (κ1) is 14.7. The molecule has 0 saturated carbocycles. The van der Waals surface area contributed by atoms with Crippen molar-refractivity contribution in [3.63, 3.8) is 0 Å². The van der Waals surface area contributed by atoms with Gasteiger partial charge in [0.15, 0.2) is 0 Å². The smallest absolute Gasteiger partial charge is 0.113 e. The predicted octanol–water partition coefficient (Wildman–Crippen LogP) is 5.13. The minimum Gasteiger partial charge on any atom is -0.212 e. The zero-order valence-electron chi connectivity index (χ0n) is 12.8. The second kappa shape index (κ2) is 6.30. The summed E-state index contributed by atoms with van der Waals surface area (Å²) in [5.41, 5.74) is 4.91. The fourth-order valence-electron chi connectivity index (χ4n) is 2.64. The lowest BCUT2D eigenvalue weighted by Gasteiger charge is -2.09. The highest BCUT2D eigenvalue weighted by Gasteiger charge is 2.11. The number of hydrogen-bond donors (Lipinski definition) is 0. The highest BCUT2D eigenvalue weighted by molar-refractivity contribution is 6.30. The molecule has 0 unspecified atom stereocenters. The normalized spacial score (nSPS) is 11.8. The van der Waals surface area contributed by atoms with Crippen LogP contribution in [0.4, 0.5) is 0 Å². The van der Waals surface area contributed by atoms with Gasteiger partial charge >= 0.3 is 0 Å². The molecule has 0 aliphatic carbocycles. The maximum atomic E-state index is 6.04. The summed E-state index contributed by atoms with van der Waals surface area (Å²) in [5.74, 6) is 0. The molecule has 24 heavy (non-hydrogen) atoms. The van der Waals surface area contributed by atoms with Gasteiger partial charge < -0.3 is 0 Å². The topological polar surface area (TPSA) is 30.7 Å². The van der Waals surface area contributed by atoms with Crippen LogP contribution in [0.5, 0.6) is 0 Å². The van der Waals surface area contributed by atoms with E-state index in [4.69, 9.17) is 11.6 Å². The fraction of sp³-hybridized carbons (Fsp3) is 0. The maximum Gasteiger partial charge on any atom is 0.113 e. The van der Waals surface area contributed by atoms with Gasteiger partial charge in [0.05, 0.1) is 11.2 Å². The van der Waals surface area contributed by atoms with Gasteiger partial charge in [0.25, 0.3) is 0 Å². The van der Waals surface area contributed by atoms with E-state index in [0.717, 1.165) is 27.9 Å². The second-order valence-electron chi connectivity index (χ2n) is 5.44. The maximum absolute atomic E-state index is 6.04. The van der Waals surface area contributed by atoms with Crippen LogP contribution in [0.25, 0.3) is 22.8 Å². The Balaban J connectivity index is 1.93. The van der Waals surface area contributed by atoms with E-state index in [9.17, 15) is 0 Å². The predicted molar refractivity (Wildman–Crippen MR) is 98.7 cm³/mol. The monoisotopic (exact) mass is 331 g/mol. The number of hydrogen-bond acceptors (Lipinski definition) is 2. The van der Waals surface area contributed by atoms with Crippen molar-refractivity contribution < 1.29 is 0 Å². The van der Waals surface area contributed by atoms with Crippen LogP contribution in [0.1, 0.15) is 11.1 Å². The molecule has 0 aliphatic heterocycles. The third-order valence-corrected chi connectivity index (χ3v) is 4.07. The summed E-state index contributed by atoms with van der Waals surface area (Å²) in [6, 6.07) is 25.9. The van der Waals surface area contributed by atoms with E-state index in [1.54, 1.807) is 0 Å². The van der Waals surface area contributed by atoms with Crippen LogP contribution in [0.2, 0.25) is 5.02 Å². The summed E-state index contributed by atoms with van der Waals surface area (Å²) in [4.78, 5) is 0. The van der Waals surface area contributed by atoms with Crippen molar-refractivity contribution in [1.29, 1.82) is 0 Å². The van der Waals surface area contributed by atoms with Crippen LogP contribution in [0.15, 0.2) is 78.9 Å². The lowest BCUT2D eigenvalue weighted by Crippen LogP contribution is -2.01. The third-order valence-electron chi connectivity index (χ3n) is 3.82. The molecular formula is C20H14ClN3. The van der Waals surface area contributed by atoms with E-state index in [2.05, 4.69) is 28.5 Å². The van der Waals surface area contributed by atoms with Gasteiger partial charge in [0.1, 0.15) is 5.52 Å². The standard InChI is InChI=1S/C20H14ClN3/c21-17-12-10-16(11-13-17)20(14-15-6-2-1-3-7-15)24-19-9-5-4-8-18(19)22-23-24/h1-14H/b20-14-. The van der Waals surface area contributed by atoms with E-state index in [-0.39, 0.29) is 0 Å². The van der Waals surface area contributed by atoms with E-state index < -0.39 is 0 Å². The van der Waals surface area contributed by atoms with Gasteiger partial charge in [-0.2, -0.15) is 0 Å². The number of rotatable bonds is 3. The Hall–Kier alpha value is -2.91. The zero-order valence-corrected chi connectivity index (χ0v) is 13.6. The van der Waals surface area contributed by atoms with Crippen molar-refractivity contribution in [2.45, 2.75) is 0 Å². The highest BCUT2D eigenvalue weighted by atomic mass is 35.5. The molecule has 116 valence electrons. The number of nitrogens with zero attached hydrogens (tertiary/aromatic N) is 3. The molecule has 0 radical (unpaired) electrons. The van der Waals surface area contributed by atoms with E-state index >= 15 is 0 Å². The minimum atomic E-state index is 0.709. The van der Waals surface area contributed by atoms with Crippen molar-refractivity contribution in [2.75, 3.05) is 0 Å². The second-order valence-corrected chi connectivity index (χ2v) is 5.87. The summed E-state index contributed by atoms with van der Waals surface area (Å²) in [6.07, 6.45) is 2.10. The van der Waals surface area contributed by atoms with Gasteiger partial charge in [0, 0.05) is 10.6 Å². The van der Waals surface area contributed by atoms with Crippen molar-refractivity contribution in [1.82, 2.24) is 15.0 Å². The molecule has 0 fully saturated rings. The van der Waals surface area contributed by atoms with Crippen molar-refractivity contribution in [3.8, 4) is 0 Å². The fourth-order valence-corrected chi connectivity index (χ4v) is 2.77. The molecule has 1 heterocycles. The average Bonchev–Trinajstić information content (AvgIpc) is 3.05. The Morgan fingerprint density at radius 3 is 2.33 bits per heavy atom. The molecule has 3 nitrogen and oxygen atoms in total. The summed E-state index contributed by atoms with van der Waals surface area (Å²) >= 11 is 6.04. The largest absolute Gasteiger partial charge is 0.212 e. The number of aromatic nitrogens is 3. The molecule has 4 aromatic rings. The molecular weight excluding hydrogens is 318 g/mol. The zero-order chi connectivity index (χ0) is 16.4. The van der Waals surface area contributed by atoms with Crippen LogP contribution >= 0.6 is 11.6 Å². The van der Waals surface area contributed by atoms with Crippen LogP contribution in [0.3, 0.4) is 0 Å². The summed E-state index contributed by atoms with van der Waals surface area (Å²) < 4.78 is 1.87. The SMILES string of the molecule is Clc1ccc(/C(=C/c2ccccc2)n2nnc3ccccc32)cc1. The number of para-hydroxylation sites is 1. The molecule has 0 N–H and O–H groups in total. The molecule has 0 bridgehead atoms. The Kier molecular flexibility index (Phi) is 3.85. The third kappa shape index (κ3) is 2.82. The van der Waals surface area contributed by atoms with E-state index in [0.29, 0.717) is 5.02 Å². The lowest BCUT2D eigenvalue weighted by molar-refractivity contribution is 0.843. The molecule has 0 atom stereocenters. The van der Waals surface area contributed by atoms with E-state index in [1.165, 1.54) is 0 Å². The summed E-state index contributed by atoms with van der Waals surface area (Å²) in [7, 11) is 0. The quantitative estimate of drug-likeness (QED) is 0.487. The molecule has 0 aliphatic rings. The lowest BCUT2D eigenvalue weighted by atomic mass is 10.1. The Labute approximate surface area is 144 Å². The van der Waals surface area contributed by atoms with Crippen LogP contribution in [-0.2, 0) is 0 Å².